The summed E-state index contributed by atoms with van der Waals surface area (Å²) in [4.78, 5) is 0. The van der Waals surface area contributed by atoms with E-state index in [-0.39, 0.29) is 0 Å². The summed E-state index contributed by atoms with van der Waals surface area (Å²) in [6.45, 7) is 16.0. The molecular weight excluding hydrogens is 364 g/mol. The maximum absolute atomic E-state index is 6.25. The standard InChI is InChI=1S/C24H51O3Si/c1-7-13-16-22(10-4)19-25-28(26-20-23(11-5)17-14-8-2)27-21-24(12-6)18-15-9-3/h22-24H,7-21H2,1-6H3. The molecule has 3 atom stereocenters. The molecule has 0 saturated heterocycles. The summed E-state index contributed by atoms with van der Waals surface area (Å²) in [6.07, 6.45) is 14.9. The second kappa shape index (κ2) is 20.4. The van der Waals surface area contributed by atoms with E-state index in [9.17, 15) is 0 Å². The molecule has 0 bridgehead atoms. The highest BCUT2D eigenvalue weighted by Crippen LogP contribution is 2.18. The average molecular weight is 416 g/mol. The number of rotatable bonds is 21. The number of hydrogen-bond donors (Lipinski definition) is 0. The van der Waals surface area contributed by atoms with Gasteiger partial charge in [-0.25, -0.2) is 0 Å². The van der Waals surface area contributed by atoms with Gasteiger partial charge in [-0.15, -0.1) is 0 Å². The normalized spacial score (nSPS) is 15.1. The van der Waals surface area contributed by atoms with Crippen LogP contribution in [-0.4, -0.2) is 29.3 Å². The summed E-state index contributed by atoms with van der Waals surface area (Å²) in [6, 6.07) is 0. The molecule has 0 amide bonds. The fraction of sp³-hybridized carbons (Fsp3) is 1.00. The monoisotopic (exact) mass is 415 g/mol. The SMILES string of the molecule is CCCCC(CC)CO[Si](OCC(CC)CCCC)OCC(CC)CCCC. The van der Waals surface area contributed by atoms with E-state index >= 15 is 0 Å². The molecule has 0 aromatic carbocycles. The van der Waals surface area contributed by atoms with Gasteiger partial charge in [0.1, 0.15) is 0 Å². The van der Waals surface area contributed by atoms with Crippen LogP contribution >= 0.6 is 0 Å². The fourth-order valence-corrected chi connectivity index (χ4v) is 4.74. The molecule has 3 unspecified atom stereocenters. The molecule has 0 aliphatic rings. The number of hydrogen-bond acceptors (Lipinski definition) is 3. The maximum atomic E-state index is 6.25. The minimum atomic E-state index is -1.63. The molecule has 0 rings (SSSR count). The molecule has 0 N–H and O–H groups in total. The summed E-state index contributed by atoms with van der Waals surface area (Å²) in [5.41, 5.74) is 0. The van der Waals surface area contributed by atoms with E-state index in [0.29, 0.717) is 17.8 Å². The predicted octanol–water partition coefficient (Wildman–Crippen LogP) is 7.67. The van der Waals surface area contributed by atoms with Gasteiger partial charge >= 0.3 is 9.53 Å². The van der Waals surface area contributed by atoms with Crippen molar-refractivity contribution in [2.75, 3.05) is 19.8 Å². The zero-order valence-corrected chi connectivity index (χ0v) is 21.1. The topological polar surface area (TPSA) is 27.7 Å². The minimum Gasteiger partial charge on any atom is -0.371 e. The molecule has 3 nitrogen and oxygen atoms in total. The van der Waals surface area contributed by atoms with Crippen LogP contribution in [0.2, 0.25) is 0 Å². The van der Waals surface area contributed by atoms with Crippen molar-refractivity contribution in [3.05, 3.63) is 0 Å². The lowest BCUT2D eigenvalue weighted by molar-refractivity contribution is 0.0534. The average Bonchev–Trinajstić information content (AvgIpc) is 2.73. The largest absolute Gasteiger partial charge is 0.577 e. The Morgan fingerprint density at radius 2 is 0.786 bits per heavy atom. The third-order valence-corrected chi connectivity index (χ3v) is 7.15. The van der Waals surface area contributed by atoms with Gasteiger partial charge in [0.15, 0.2) is 0 Å². The van der Waals surface area contributed by atoms with Gasteiger partial charge < -0.3 is 13.3 Å². The Hall–Kier alpha value is 0.0969. The van der Waals surface area contributed by atoms with Gasteiger partial charge in [0, 0.05) is 19.8 Å². The van der Waals surface area contributed by atoms with E-state index < -0.39 is 9.53 Å². The molecule has 0 aromatic heterocycles. The molecule has 0 aliphatic heterocycles. The van der Waals surface area contributed by atoms with Gasteiger partial charge in [0.2, 0.25) is 0 Å². The van der Waals surface area contributed by atoms with Crippen molar-refractivity contribution in [2.45, 2.75) is 119 Å². The zero-order valence-electron chi connectivity index (χ0n) is 20.1. The summed E-state index contributed by atoms with van der Waals surface area (Å²) in [5.74, 6) is 1.91. The van der Waals surface area contributed by atoms with Crippen LogP contribution in [-0.2, 0) is 13.3 Å². The Morgan fingerprint density at radius 1 is 0.500 bits per heavy atom. The summed E-state index contributed by atoms with van der Waals surface area (Å²) >= 11 is 0. The Labute approximate surface area is 179 Å². The second-order valence-corrected chi connectivity index (χ2v) is 9.80. The molecule has 0 spiro atoms. The second-order valence-electron chi connectivity index (χ2n) is 8.43. The van der Waals surface area contributed by atoms with Crippen molar-refractivity contribution < 1.29 is 13.3 Å². The van der Waals surface area contributed by atoms with E-state index in [4.69, 9.17) is 13.3 Å². The van der Waals surface area contributed by atoms with E-state index in [1.54, 1.807) is 0 Å². The molecule has 28 heavy (non-hydrogen) atoms. The molecule has 0 aliphatic carbocycles. The highest BCUT2D eigenvalue weighted by atomic mass is 28.3. The minimum absolute atomic E-state index is 0.635. The van der Waals surface area contributed by atoms with E-state index in [0.717, 1.165) is 19.8 Å². The van der Waals surface area contributed by atoms with Gasteiger partial charge in [-0.3, -0.25) is 0 Å². The molecule has 4 heteroatoms. The lowest BCUT2D eigenvalue weighted by Crippen LogP contribution is -2.33. The highest BCUT2D eigenvalue weighted by molar-refractivity contribution is 6.36. The van der Waals surface area contributed by atoms with Crippen LogP contribution < -0.4 is 0 Å². The van der Waals surface area contributed by atoms with Crippen LogP contribution in [0.15, 0.2) is 0 Å². The molecule has 0 saturated carbocycles. The fourth-order valence-electron chi connectivity index (χ4n) is 3.38. The zero-order chi connectivity index (χ0) is 21.0. The smallest absolute Gasteiger partial charge is 0.371 e. The first kappa shape index (κ1) is 28.1. The highest BCUT2D eigenvalue weighted by Gasteiger charge is 2.24. The van der Waals surface area contributed by atoms with Gasteiger partial charge in [0.25, 0.3) is 0 Å². The first-order valence-corrected chi connectivity index (χ1v) is 13.6. The molecule has 1 radical (unpaired) electrons. The lowest BCUT2D eigenvalue weighted by Gasteiger charge is -2.23. The van der Waals surface area contributed by atoms with Gasteiger partial charge in [-0.1, -0.05) is 99.3 Å². The maximum Gasteiger partial charge on any atom is 0.577 e. The Bertz CT molecular complexity index is 267. The van der Waals surface area contributed by atoms with Crippen molar-refractivity contribution >= 4 is 9.53 Å². The van der Waals surface area contributed by atoms with Crippen molar-refractivity contribution in [3.8, 4) is 0 Å². The van der Waals surface area contributed by atoms with Crippen LogP contribution in [0.3, 0.4) is 0 Å². The van der Waals surface area contributed by atoms with E-state index in [2.05, 4.69) is 41.5 Å². The van der Waals surface area contributed by atoms with Crippen LogP contribution in [0.5, 0.6) is 0 Å². The van der Waals surface area contributed by atoms with Crippen molar-refractivity contribution in [3.63, 3.8) is 0 Å². The molecule has 0 heterocycles. The molecular formula is C24H51O3Si. The summed E-state index contributed by atoms with van der Waals surface area (Å²) in [7, 11) is -1.63. The molecule has 0 fully saturated rings. The Morgan fingerprint density at radius 3 is 1.00 bits per heavy atom. The molecule has 0 aromatic rings. The van der Waals surface area contributed by atoms with Crippen LogP contribution in [0.25, 0.3) is 0 Å². The summed E-state index contributed by atoms with van der Waals surface area (Å²) in [5, 5.41) is 0. The van der Waals surface area contributed by atoms with Crippen molar-refractivity contribution in [1.29, 1.82) is 0 Å². The predicted molar refractivity (Wildman–Crippen MR) is 124 cm³/mol. The third kappa shape index (κ3) is 15.0. The van der Waals surface area contributed by atoms with Gasteiger partial charge in [-0.2, -0.15) is 0 Å². The van der Waals surface area contributed by atoms with Crippen molar-refractivity contribution in [2.24, 2.45) is 17.8 Å². The van der Waals surface area contributed by atoms with E-state index in [1.807, 2.05) is 0 Å². The first-order chi connectivity index (χ1) is 13.6. The Balaban J connectivity index is 4.60. The summed E-state index contributed by atoms with van der Waals surface area (Å²) < 4.78 is 18.7. The quantitative estimate of drug-likeness (QED) is 0.180. The Kier molecular flexibility index (Phi) is 20.4. The van der Waals surface area contributed by atoms with E-state index in [1.165, 1.54) is 77.0 Å². The van der Waals surface area contributed by atoms with Crippen LogP contribution in [0.4, 0.5) is 0 Å². The van der Waals surface area contributed by atoms with Gasteiger partial charge in [-0.05, 0) is 37.0 Å². The van der Waals surface area contributed by atoms with Crippen LogP contribution in [0.1, 0.15) is 119 Å². The lowest BCUT2D eigenvalue weighted by atomic mass is 10.0. The van der Waals surface area contributed by atoms with Crippen LogP contribution in [0, 0.1) is 17.8 Å². The number of unbranched alkanes of at least 4 members (excludes halogenated alkanes) is 3. The van der Waals surface area contributed by atoms with Crippen molar-refractivity contribution in [1.82, 2.24) is 0 Å². The molecule has 169 valence electrons. The first-order valence-electron chi connectivity index (χ1n) is 12.4. The van der Waals surface area contributed by atoms with Gasteiger partial charge in [0.05, 0.1) is 0 Å². The third-order valence-electron chi connectivity index (χ3n) is 5.94.